The molecule has 3 aromatic rings. The minimum Gasteiger partial charge on any atom is -0.460 e. The van der Waals surface area contributed by atoms with Gasteiger partial charge in [-0.3, -0.25) is 4.90 Å². The summed E-state index contributed by atoms with van der Waals surface area (Å²) in [4.78, 5) is 17.9. The summed E-state index contributed by atoms with van der Waals surface area (Å²) in [6, 6.07) is 6.49. The van der Waals surface area contributed by atoms with E-state index in [0.29, 0.717) is 43.1 Å². The maximum atomic E-state index is 13.4. The van der Waals surface area contributed by atoms with Gasteiger partial charge in [0.05, 0.1) is 6.54 Å². The van der Waals surface area contributed by atoms with Crippen molar-refractivity contribution in [3.63, 3.8) is 0 Å². The molecule has 4 rings (SSSR count). The molecule has 0 bridgehead atoms. The average molecular weight is 423 g/mol. The summed E-state index contributed by atoms with van der Waals surface area (Å²) in [6.07, 6.45) is 3.51. The lowest BCUT2D eigenvalue weighted by molar-refractivity contribution is 0.232. The fraction of sp³-hybridized carbons (Fsp3) is 0.318. The Morgan fingerprint density at radius 3 is 2.29 bits per heavy atom. The van der Waals surface area contributed by atoms with Crippen molar-refractivity contribution in [3.05, 3.63) is 61.2 Å². The zero-order valence-electron chi connectivity index (χ0n) is 17.4. The zero-order valence-corrected chi connectivity index (χ0v) is 17.4. The predicted octanol–water partition coefficient (Wildman–Crippen LogP) is 3.27. The van der Waals surface area contributed by atoms with E-state index in [1.165, 1.54) is 12.1 Å². The number of nitrogens with one attached hydrogen (secondary N) is 2. The smallest absolute Gasteiger partial charge is 0.232 e. The Kier molecular flexibility index (Phi) is 6.42. The molecule has 1 aliphatic rings. The fourth-order valence-corrected chi connectivity index (χ4v) is 3.46. The van der Waals surface area contributed by atoms with Gasteiger partial charge >= 0.3 is 0 Å². The maximum absolute atomic E-state index is 13.4. The van der Waals surface area contributed by atoms with E-state index in [9.17, 15) is 4.39 Å². The van der Waals surface area contributed by atoms with Crippen LogP contribution in [0.3, 0.4) is 0 Å². The number of piperazine rings is 1. The van der Waals surface area contributed by atoms with Gasteiger partial charge in [-0.05, 0) is 24.3 Å². The summed E-state index contributed by atoms with van der Waals surface area (Å²) >= 11 is 0. The van der Waals surface area contributed by atoms with Crippen LogP contribution in [-0.4, -0.2) is 59.1 Å². The molecule has 0 spiro atoms. The lowest BCUT2D eigenvalue weighted by Crippen LogP contribution is -2.46. The molecule has 31 heavy (non-hydrogen) atoms. The van der Waals surface area contributed by atoms with Crippen LogP contribution in [0.5, 0.6) is 0 Å². The van der Waals surface area contributed by atoms with Gasteiger partial charge in [-0.15, -0.1) is 13.2 Å². The molecule has 1 aliphatic heterocycles. The van der Waals surface area contributed by atoms with Crippen molar-refractivity contribution in [2.75, 3.05) is 54.8 Å². The third-order valence-electron chi connectivity index (χ3n) is 5.00. The van der Waals surface area contributed by atoms with Gasteiger partial charge < -0.3 is 20.0 Å². The van der Waals surface area contributed by atoms with Crippen molar-refractivity contribution in [1.82, 2.24) is 19.9 Å². The summed E-state index contributed by atoms with van der Waals surface area (Å²) < 4.78 is 19.3. The molecule has 0 aliphatic carbocycles. The minimum absolute atomic E-state index is 0.255. The summed E-state index contributed by atoms with van der Waals surface area (Å²) in [5.74, 6) is 2.23. The number of benzene rings is 1. The van der Waals surface area contributed by atoms with E-state index in [1.54, 1.807) is 18.2 Å². The van der Waals surface area contributed by atoms with Crippen LogP contribution in [0.4, 0.5) is 22.2 Å². The van der Waals surface area contributed by atoms with Crippen LogP contribution in [0.2, 0.25) is 0 Å². The van der Waals surface area contributed by atoms with E-state index < -0.39 is 0 Å². The van der Waals surface area contributed by atoms with Crippen molar-refractivity contribution in [1.29, 1.82) is 0 Å². The maximum Gasteiger partial charge on any atom is 0.232 e. The number of hydrogen-bond acceptors (Lipinski definition) is 8. The molecular formula is C22H26FN7O. The van der Waals surface area contributed by atoms with Gasteiger partial charge in [-0.2, -0.15) is 15.0 Å². The Balaban J connectivity index is 1.40. The summed E-state index contributed by atoms with van der Waals surface area (Å²) in [5.41, 5.74) is 0.708. The number of anilines is 3. The monoisotopic (exact) mass is 423 g/mol. The molecule has 8 nitrogen and oxygen atoms in total. The van der Waals surface area contributed by atoms with Gasteiger partial charge in [0, 0.05) is 44.7 Å². The minimum atomic E-state index is -0.255. The lowest BCUT2D eigenvalue weighted by Gasteiger charge is -2.34. The van der Waals surface area contributed by atoms with Crippen LogP contribution in [0.15, 0.2) is 54.0 Å². The molecule has 0 amide bonds. The van der Waals surface area contributed by atoms with Crippen LogP contribution >= 0.6 is 0 Å². The van der Waals surface area contributed by atoms with Gasteiger partial charge in [0.25, 0.3) is 0 Å². The third-order valence-corrected chi connectivity index (χ3v) is 5.00. The molecule has 0 saturated carbocycles. The zero-order chi connectivity index (χ0) is 21.6. The van der Waals surface area contributed by atoms with Crippen molar-refractivity contribution in [2.45, 2.75) is 6.54 Å². The Hall–Kier alpha value is -3.46. The van der Waals surface area contributed by atoms with E-state index in [2.05, 4.69) is 48.5 Å². The van der Waals surface area contributed by atoms with Gasteiger partial charge in [0.15, 0.2) is 0 Å². The second-order valence-corrected chi connectivity index (χ2v) is 7.28. The first-order valence-corrected chi connectivity index (χ1v) is 10.3. The highest BCUT2D eigenvalue weighted by atomic mass is 19.1. The number of aromatic nitrogens is 3. The number of rotatable bonds is 9. The van der Waals surface area contributed by atoms with E-state index in [4.69, 9.17) is 4.42 Å². The highest BCUT2D eigenvalue weighted by Gasteiger charge is 2.21. The van der Waals surface area contributed by atoms with Gasteiger partial charge in [0.1, 0.15) is 17.2 Å². The predicted molar refractivity (Wildman–Crippen MR) is 121 cm³/mol. The quantitative estimate of drug-likeness (QED) is 0.508. The molecule has 3 heterocycles. The van der Waals surface area contributed by atoms with Crippen LogP contribution < -0.4 is 15.5 Å². The normalized spacial score (nSPS) is 14.5. The second-order valence-electron chi connectivity index (χ2n) is 7.28. The molecular weight excluding hydrogens is 397 g/mol. The van der Waals surface area contributed by atoms with Crippen molar-refractivity contribution in [2.24, 2.45) is 0 Å². The second kappa shape index (κ2) is 9.57. The van der Waals surface area contributed by atoms with E-state index >= 15 is 0 Å². The molecule has 1 saturated heterocycles. The van der Waals surface area contributed by atoms with Crippen LogP contribution in [0, 0.1) is 5.82 Å². The van der Waals surface area contributed by atoms with Crippen molar-refractivity contribution >= 4 is 28.8 Å². The largest absolute Gasteiger partial charge is 0.460 e. The summed E-state index contributed by atoms with van der Waals surface area (Å²) in [7, 11) is 0. The topological polar surface area (TPSA) is 82.4 Å². The number of hydrogen-bond donors (Lipinski definition) is 2. The molecule has 0 radical (unpaired) electrons. The lowest BCUT2D eigenvalue weighted by atomic mass is 10.2. The number of nitrogens with zero attached hydrogens (tertiary/aromatic N) is 5. The van der Waals surface area contributed by atoms with E-state index in [1.807, 2.05) is 6.07 Å². The fourth-order valence-electron chi connectivity index (χ4n) is 3.46. The SMILES string of the molecule is C=CCNc1nc(NCC=C)nc(N2CCN(Cc3cc4cc(F)ccc4o3)CC2)n1. The summed E-state index contributed by atoms with van der Waals surface area (Å²) in [5, 5.41) is 7.04. The van der Waals surface area contributed by atoms with Gasteiger partial charge in [0.2, 0.25) is 17.8 Å². The molecule has 162 valence electrons. The molecule has 2 N–H and O–H groups in total. The highest BCUT2D eigenvalue weighted by molar-refractivity contribution is 5.77. The van der Waals surface area contributed by atoms with Crippen LogP contribution in [0.25, 0.3) is 11.0 Å². The van der Waals surface area contributed by atoms with Crippen LogP contribution in [-0.2, 0) is 6.54 Å². The average Bonchev–Trinajstić information content (AvgIpc) is 3.18. The first kappa shape index (κ1) is 20.8. The number of furan rings is 1. The Morgan fingerprint density at radius 2 is 1.65 bits per heavy atom. The molecule has 1 fully saturated rings. The highest BCUT2D eigenvalue weighted by Crippen LogP contribution is 2.22. The molecule has 9 heteroatoms. The Bertz CT molecular complexity index is 1030. The first-order valence-electron chi connectivity index (χ1n) is 10.3. The van der Waals surface area contributed by atoms with E-state index in [-0.39, 0.29) is 5.82 Å². The first-order chi connectivity index (χ1) is 15.1. The van der Waals surface area contributed by atoms with Crippen molar-refractivity contribution < 1.29 is 8.81 Å². The molecule has 2 aromatic heterocycles. The Labute approximate surface area is 180 Å². The Morgan fingerprint density at radius 1 is 0.968 bits per heavy atom. The number of halogens is 1. The molecule has 1 aromatic carbocycles. The van der Waals surface area contributed by atoms with Crippen LogP contribution in [0.1, 0.15) is 5.76 Å². The molecule has 0 atom stereocenters. The third kappa shape index (κ3) is 5.18. The number of fused-ring (bicyclic) bond motifs is 1. The van der Waals surface area contributed by atoms with Gasteiger partial charge in [-0.1, -0.05) is 12.2 Å². The van der Waals surface area contributed by atoms with E-state index in [0.717, 1.165) is 37.3 Å². The molecule has 0 unspecified atom stereocenters. The van der Waals surface area contributed by atoms with Gasteiger partial charge in [-0.25, -0.2) is 4.39 Å². The summed E-state index contributed by atoms with van der Waals surface area (Å²) in [6.45, 7) is 12.5. The standard InChI is InChI=1S/C22H26FN7O/c1-3-7-24-20-26-21(25-8-4-2)28-22(27-20)30-11-9-29(10-12-30)15-18-14-16-13-17(23)5-6-19(16)31-18/h3-6,13-14H,1-2,7-12,15H2,(H2,24,25,26,27,28). The van der Waals surface area contributed by atoms with Crippen molar-refractivity contribution in [3.8, 4) is 0 Å².